The van der Waals surface area contributed by atoms with Crippen molar-refractivity contribution in [2.45, 2.75) is 45.4 Å². The average Bonchev–Trinajstić information content (AvgIpc) is 3.07. The SMILES string of the molecule is Cc1ccc(-c2cccc3[cH-]c(CC4C5CC6CC(C5)CC4C6)cc23)cc1.[Zr]. The molecule has 4 aliphatic rings. The molecule has 1 heteroatoms. The van der Waals surface area contributed by atoms with Crippen molar-refractivity contribution in [3.63, 3.8) is 0 Å². The van der Waals surface area contributed by atoms with Gasteiger partial charge in [0.05, 0.1) is 0 Å². The third-order valence-electron chi connectivity index (χ3n) is 8.07. The van der Waals surface area contributed by atoms with E-state index in [1.54, 1.807) is 12.0 Å². The van der Waals surface area contributed by atoms with Crippen LogP contribution < -0.4 is 0 Å². The van der Waals surface area contributed by atoms with Gasteiger partial charge in [-0.3, -0.25) is 0 Å². The van der Waals surface area contributed by atoms with Gasteiger partial charge in [-0.05, 0) is 80.6 Å². The van der Waals surface area contributed by atoms with Crippen LogP contribution in [0.15, 0.2) is 54.6 Å². The van der Waals surface area contributed by atoms with E-state index in [4.69, 9.17) is 0 Å². The molecule has 0 N–H and O–H groups in total. The quantitative estimate of drug-likeness (QED) is 0.376. The van der Waals surface area contributed by atoms with Gasteiger partial charge in [-0.15, -0.1) is 34.5 Å². The fourth-order valence-electron chi connectivity index (χ4n) is 7.04. The Bertz CT molecular complexity index is 949. The number of fused-ring (bicyclic) bond motifs is 1. The van der Waals surface area contributed by atoms with Crippen LogP contribution in [0.2, 0.25) is 0 Å². The Morgan fingerprint density at radius 1 is 0.857 bits per heavy atom. The van der Waals surface area contributed by atoms with Gasteiger partial charge in [0, 0.05) is 26.2 Å². The van der Waals surface area contributed by atoms with E-state index in [0.717, 1.165) is 29.6 Å². The Hall–Kier alpha value is -1.07. The van der Waals surface area contributed by atoms with Gasteiger partial charge in [0.15, 0.2) is 0 Å². The van der Waals surface area contributed by atoms with Crippen LogP contribution in [0.25, 0.3) is 21.9 Å². The van der Waals surface area contributed by atoms with Crippen LogP contribution in [-0.4, -0.2) is 0 Å². The number of benzene rings is 2. The van der Waals surface area contributed by atoms with Crippen molar-refractivity contribution >= 4 is 10.8 Å². The fourth-order valence-corrected chi connectivity index (χ4v) is 7.04. The summed E-state index contributed by atoms with van der Waals surface area (Å²) in [6.07, 6.45) is 9.01. The molecule has 28 heavy (non-hydrogen) atoms. The molecule has 0 radical (unpaired) electrons. The van der Waals surface area contributed by atoms with Crippen LogP contribution in [0.3, 0.4) is 0 Å². The number of hydrogen-bond donors (Lipinski definition) is 0. The van der Waals surface area contributed by atoms with Gasteiger partial charge in [0.2, 0.25) is 0 Å². The predicted molar refractivity (Wildman–Crippen MR) is 114 cm³/mol. The first-order valence-corrected chi connectivity index (χ1v) is 11.0. The Morgan fingerprint density at radius 3 is 2.21 bits per heavy atom. The zero-order valence-corrected chi connectivity index (χ0v) is 19.3. The van der Waals surface area contributed by atoms with E-state index in [1.165, 1.54) is 59.6 Å². The normalized spacial score (nSPS) is 30.5. The molecule has 0 aromatic heterocycles. The third-order valence-corrected chi connectivity index (χ3v) is 8.07. The second-order valence-corrected chi connectivity index (χ2v) is 9.84. The Kier molecular flexibility index (Phi) is 4.95. The molecule has 4 saturated carbocycles. The van der Waals surface area contributed by atoms with Gasteiger partial charge in [-0.25, -0.2) is 0 Å². The van der Waals surface area contributed by atoms with Crippen molar-refractivity contribution in [3.8, 4) is 11.1 Å². The molecule has 4 bridgehead atoms. The molecule has 0 spiro atoms. The van der Waals surface area contributed by atoms with Gasteiger partial charge in [0.25, 0.3) is 0 Å². The van der Waals surface area contributed by atoms with Gasteiger partial charge >= 0.3 is 0 Å². The fraction of sp³-hybridized carbons (Fsp3) is 0.444. The Balaban J connectivity index is 0.00000171. The van der Waals surface area contributed by atoms with E-state index in [2.05, 4.69) is 61.5 Å². The maximum absolute atomic E-state index is 2.51. The number of aryl methyl sites for hydroxylation is 1. The summed E-state index contributed by atoms with van der Waals surface area (Å²) in [6, 6.07) is 20.8. The van der Waals surface area contributed by atoms with Gasteiger partial charge < -0.3 is 0 Å². The molecule has 0 heterocycles. The maximum Gasteiger partial charge on any atom is 0 e. The summed E-state index contributed by atoms with van der Waals surface area (Å²) in [4.78, 5) is 0. The van der Waals surface area contributed by atoms with Crippen LogP contribution in [0.5, 0.6) is 0 Å². The standard InChI is InChI=1S/C27H29.Zr/c1-17-5-7-21(8-6-17)25-4-2-3-22-10-20(16-27(22)25)15-26-23-11-18-9-19(13-23)14-24(26)12-18;/h2-8,10,16,18-19,23-24,26H,9,11-15H2,1H3;/q-1;. The van der Waals surface area contributed by atoms with E-state index < -0.39 is 0 Å². The molecule has 0 amide bonds. The Labute approximate surface area is 188 Å². The molecule has 0 unspecified atom stereocenters. The molecule has 142 valence electrons. The van der Waals surface area contributed by atoms with Gasteiger partial charge in [-0.1, -0.05) is 41.5 Å². The minimum absolute atomic E-state index is 0. The first-order valence-electron chi connectivity index (χ1n) is 11.0. The van der Waals surface area contributed by atoms with Crippen molar-refractivity contribution in [2.24, 2.45) is 29.6 Å². The van der Waals surface area contributed by atoms with Crippen LogP contribution in [0.4, 0.5) is 0 Å². The van der Waals surface area contributed by atoms with E-state index >= 15 is 0 Å². The molecule has 3 aromatic rings. The smallest absolute Gasteiger partial charge is 0 e. The summed E-state index contributed by atoms with van der Waals surface area (Å²) in [5.74, 6) is 5.16. The molecule has 0 nitrogen and oxygen atoms in total. The number of hydrogen-bond acceptors (Lipinski definition) is 0. The summed E-state index contributed by atoms with van der Waals surface area (Å²) in [7, 11) is 0. The first kappa shape index (κ1) is 18.9. The second-order valence-electron chi connectivity index (χ2n) is 9.84. The molecule has 3 aromatic carbocycles. The van der Waals surface area contributed by atoms with Crippen molar-refractivity contribution in [2.75, 3.05) is 0 Å². The van der Waals surface area contributed by atoms with Gasteiger partial charge in [-0.2, -0.15) is 6.07 Å². The second kappa shape index (κ2) is 7.32. The summed E-state index contributed by atoms with van der Waals surface area (Å²) < 4.78 is 0. The molecule has 0 aliphatic heterocycles. The van der Waals surface area contributed by atoms with E-state index in [0.29, 0.717) is 0 Å². The zero-order chi connectivity index (χ0) is 18.0. The first-order chi connectivity index (χ1) is 13.2. The minimum Gasteiger partial charge on any atom is -0.164 e. The van der Waals surface area contributed by atoms with Crippen LogP contribution in [-0.2, 0) is 32.6 Å². The minimum atomic E-state index is 0. The average molecular weight is 445 g/mol. The van der Waals surface area contributed by atoms with Gasteiger partial charge in [0.1, 0.15) is 0 Å². The topological polar surface area (TPSA) is 0 Å². The molecule has 0 atom stereocenters. The molecular weight excluding hydrogens is 416 g/mol. The Morgan fingerprint density at radius 2 is 1.54 bits per heavy atom. The number of rotatable bonds is 3. The molecular formula is C27H29Zr-. The third kappa shape index (κ3) is 3.19. The summed E-state index contributed by atoms with van der Waals surface area (Å²) >= 11 is 0. The van der Waals surface area contributed by atoms with E-state index in [9.17, 15) is 0 Å². The molecule has 4 aliphatic carbocycles. The van der Waals surface area contributed by atoms with Crippen molar-refractivity contribution < 1.29 is 26.2 Å². The van der Waals surface area contributed by atoms with E-state index in [-0.39, 0.29) is 26.2 Å². The monoisotopic (exact) mass is 443 g/mol. The molecule has 4 fully saturated rings. The van der Waals surface area contributed by atoms with Crippen LogP contribution >= 0.6 is 0 Å². The maximum atomic E-state index is 2.51. The summed E-state index contributed by atoms with van der Waals surface area (Å²) in [5, 5.41) is 2.87. The predicted octanol–water partition coefficient (Wildman–Crippen LogP) is 7.15. The molecule has 7 rings (SSSR count). The van der Waals surface area contributed by atoms with Crippen molar-refractivity contribution in [1.82, 2.24) is 0 Å². The largest absolute Gasteiger partial charge is 0.164 e. The van der Waals surface area contributed by atoms with Crippen molar-refractivity contribution in [3.05, 3.63) is 65.7 Å². The van der Waals surface area contributed by atoms with Crippen molar-refractivity contribution in [1.29, 1.82) is 0 Å². The zero-order valence-electron chi connectivity index (χ0n) is 16.8. The van der Waals surface area contributed by atoms with Crippen LogP contribution in [0, 0.1) is 36.5 Å². The molecule has 0 saturated heterocycles. The summed E-state index contributed by atoms with van der Waals surface area (Å²) in [6.45, 7) is 2.16. The van der Waals surface area contributed by atoms with E-state index in [1.807, 2.05) is 0 Å². The van der Waals surface area contributed by atoms with Crippen LogP contribution in [0.1, 0.15) is 43.2 Å². The summed E-state index contributed by atoms with van der Waals surface area (Å²) in [5.41, 5.74) is 5.65.